The van der Waals surface area contributed by atoms with Crippen molar-refractivity contribution in [3.05, 3.63) is 78.0 Å². The van der Waals surface area contributed by atoms with Crippen molar-refractivity contribution in [1.29, 1.82) is 0 Å². The highest BCUT2D eigenvalue weighted by molar-refractivity contribution is 7.87. The van der Waals surface area contributed by atoms with Gasteiger partial charge in [-0.25, -0.2) is 23.1 Å². The van der Waals surface area contributed by atoms with Gasteiger partial charge >= 0.3 is 0 Å². The third-order valence-corrected chi connectivity index (χ3v) is 12.4. The van der Waals surface area contributed by atoms with Crippen LogP contribution in [0, 0.1) is 11.2 Å². The van der Waals surface area contributed by atoms with Crippen molar-refractivity contribution in [1.82, 2.24) is 28.8 Å². The quantitative estimate of drug-likeness (QED) is 0.187. The molecule has 2 aromatic carbocycles. The van der Waals surface area contributed by atoms with E-state index in [2.05, 4.69) is 24.5 Å². The molecule has 17 heteroatoms. The van der Waals surface area contributed by atoms with Gasteiger partial charge in [-0.1, -0.05) is 30.3 Å². The summed E-state index contributed by atoms with van der Waals surface area (Å²) < 4.78 is 88.8. The molecule has 6 rings (SSSR count). The number of piperidine rings is 1. The molecule has 1 spiro atoms. The Balaban J connectivity index is 0.943. The molecule has 56 heavy (non-hydrogen) atoms. The van der Waals surface area contributed by atoms with Gasteiger partial charge in [0.2, 0.25) is 0 Å². The van der Waals surface area contributed by atoms with E-state index in [4.69, 9.17) is 14.2 Å². The molecule has 0 saturated carbocycles. The van der Waals surface area contributed by atoms with Gasteiger partial charge in [-0.3, -0.25) is 4.79 Å². The van der Waals surface area contributed by atoms with Crippen LogP contribution in [0.5, 0.6) is 11.5 Å². The van der Waals surface area contributed by atoms with E-state index in [1.807, 2.05) is 30.3 Å². The first kappa shape index (κ1) is 41.8. The smallest absolute Gasteiger partial charge is 0.279 e. The number of nitrogens with zero attached hydrogens (tertiary/aromatic N) is 6. The number of anilines is 1. The van der Waals surface area contributed by atoms with Crippen LogP contribution in [0.4, 0.5) is 19.0 Å². The summed E-state index contributed by atoms with van der Waals surface area (Å²) in [6.45, 7) is 7.80. The standard InChI is InChI=1S/C39H52F3N7O6S/c1-28(2)49(22-36(41)42)38(50)33-19-30(40)9-12-34(33)55-35-20-43-27-44-37(35)48-25-39(26-48)13-15-47(16-14-39)21-32-11-10-31(24-54-32)45-56(51,52)46(3)17-18-53-23-29-7-5-4-6-8-29/h4-9,12,19-20,27-28,31-32,36,45H,10-11,13-18,21-26H2,1-3H3/t31-,32+/m1/s1. The van der Waals surface area contributed by atoms with Gasteiger partial charge in [0.05, 0.1) is 44.2 Å². The molecular formula is C39H52F3N7O6S. The van der Waals surface area contributed by atoms with Crippen LogP contribution in [-0.4, -0.2) is 129 Å². The summed E-state index contributed by atoms with van der Waals surface area (Å²) >= 11 is 0. The summed E-state index contributed by atoms with van der Waals surface area (Å²) in [6.07, 6.45) is 3.58. The molecule has 306 valence electrons. The van der Waals surface area contributed by atoms with Gasteiger partial charge in [-0.15, -0.1) is 0 Å². The zero-order chi connectivity index (χ0) is 39.9. The van der Waals surface area contributed by atoms with E-state index in [0.717, 1.165) is 74.6 Å². The average Bonchev–Trinajstić information content (AvgIpc) is 3.16. The normalized spacial score (nSPS) is 20.1. The average molecular weight is 804 g/mol. The number of likely N-dealkylation sites (tertiary alicyclic amines) is 1. The maximum atomic E-state index is 14.3. The summed E-state index contributed by atoms with van der Waals surface area (Å²) in [5, 5.41) is 0. The van der Waals surface area contributed by atoms with Gasteiger partial charge in [0, 0.05) is 50.7 Å². The third kappa shape index (κ3) is 10.7. The summed E-state index contributed by atoms with van der Waals surface area (Å²) in [7, 11) is -2.13. The number of alkyl halides is 2. The molecule has 2 atom stereocenters. The first-order valence-electron chi connectivity index (χ1n) is 19.1. The Kier molecular flexibility index (Phi) is 13.9. The monoisotopic (exact) mass is 803 g/mol. The first-order valence-corrected chi connectivity index (χ1v) is 20.6. The molecule has 1 N–H and O–H groups in total. The first-order chi connectivity index (χ1) is 26.8. The molecule has 0 aliphatic carbocycles. The molecule has 3 aromatic rings. The van der Waals surface area contributed by atoms with Crippen molar-refractivity contribution < 1.29 is 40.6 Å². The lowest BCUT2D eigenvalue weighted by Crippen LogP contribution is -2.61. The second kappa shape index (κ2) is 18.6. The van der Waals surface area contributed by atoms with Crippen LogP contribution in [0.2, 0.25) is 0 Å². The minimum Gasteiger partial charge on any atom is -0.451 e. The number of likely N-dealkylation sites (N-methyl/N-ethyl adjacent to an activating group) is 1. The SMILES string of the molecule is CC(C)N(CC(F)F)C(=O)c1cc(F)ccc1Oc1cncnc1N1CC2(CCN(C[C@@H]3CC[C@@H](NS(=O)(=O)N(C)CCOCc4ccccc4)CO3)CC2)C1. The number of rotatable bonds is 17. The van der Waals surface area contributed by atoms with Crippen molar-refractivity contribution in [2.24, 2.45) is 5.41 Å². The Morgan fingerprint density at radius 1 is 1.09 bits per heavy atom. The highest BCUT2D eigenvalue weighted by Crippen LogP contribution is 2.45. The maximum absolute atomic E-state index is 14.3. The minimum absolute atomic E-state index is 0.0252. The number of hydrogen-bond acceptors (Lipinski definition) is 10. The molecule has 3 fully saturated rings. The van der Waals surface area contributed by atoms with E-state index in [9.17, 15) is 26.4 Å². The molecule has 0 unspecified atom stereocenters. The van der Waals surface area contributed by atoms with Crippen LogP contribution in [0.1, 0.15) is 55.5 Å². The molecule has 0 bridgehead atoms. The van der Waals surface area contributed by atoms with Crippen molar-refractivity contribution in [2.75, 3.05) is 71.0 Å². The molecule has 3 aliphatic heterocycles. The van der Waals surface area contributed by atoms with Crippen molar-refractivity contribution in [3.63, 3.8) is 0 Å². The number of hydrogen-bond donors (Lipinski definition) is 1. The van der Waals surface area contributed by atoms with Crippen LogP contribution < -0.4 is 14.4 Å². The van der Waals surface area contributed by atoms with Gasteiger partial charge in [-0.2, -0.15) is 17.4 Å². The summed E-state index contributed by atoms with van der Waals surface area (Å²) in [5.74, 6) is -0.611. The van der Waals surface area contributed by atoms with Crippen LogP contribution >= 0.6 is 0 Å². The summed E-state index contributed by atoms with van der Waals surface area (Å²) in [6, 6.07) is 12.4. The molecular weight excluding hydrogens is 752 g/mol. The Morgan fingerprint density at radius 2 is 1.84 bits per heavy atom. The Labute approximate surface area is 327 Å². The van der Waals surface area contributed by atoms with Gasteiger partial charge in [0.1, 0.15) is 17.9 Å². The van der Waals surface area contributed by atoms with E-state index in [-0.39, 0.29) is 47.8 Å². The van der Waals surface area contributed by atoms with Gasteiger partial charge < -0.3 is 28.9 Å². The molecule has 3 aliphatic rings. The zero-order valence-electron chi connectivity index (χ0n) is 32.2. The van der Waals surface area contributed by atoms with Crippen molar-refractivity contribution in [2.45, 2.75) is 70.8 Å². The molecule has 0 radical (unpaired) electrons. The summed E-state index contributed by atoms with van der Waals surface area (Å²) in [5.41, 5.74) is 0.968. The van der Waals surface area contributed by atoms with Crippen molar-refractivity contribution >= 4 is 21.9 Å². The predicted molar refractivity (Wildman–Crippen MR) is 205 cm³/mol. The fourth-order valence-electron chi connectivity index (χ4n) is 7.48. The number of carbonyl (C=O) groups excluding carboxylic acids is 1. The molecule has 1 amide bonds. The Morgan fingerprint density at radius 3 is 2.52 bits per heavy atom. The predicted octanol–water partition coefficient (Wildman–Crippen LogP) is 4.96. The lowest BCUT2D eigenvalue weighted by atomic mass is 9.72. The van der Waals surface area contributed by atoms with Crippen LogP contribution in [0.15, 0.2) is 61.1 Å². The fraction of sp³-hybridized carbons (Fsp3) is 0.564. The number of halogens is 3. The molecule has 13 nitrogen and oxygen atoms in total. The van der Waals surface area contributed by atoms with Gasteiger partial charge in [-0.05, 0) is 76.4 Å². The van der Waals surface area contributed by atoms with E-state index in [0.29, 0.717) is 25.5 Å². The zero-order valence-corrected chi connectivity index (χ0v) is 33.0. The summed E-state index contributed by atoms with van der Waals surface area (Å²) in [4.78, 5) is 27.4. The minimum atomic E-state index is -3.68. The van der Waals surface area contributed by atoms with E-state index < -0.39 is 40.9 Å². The third-order valence-electron chi connectivity index (χ3n) is 10.8. The van der Waals surface area contributed by atoms with Crippen LogP contribution in [0.3, 0.4) is 0 Å². The number of aromatic nitrogens is 2. The molecule has 4 heterocycles. The lowest BCUT2D eigenvalue weighted by Gasteiger charge is -2.54. The number of carbonyl (C=O) groups is 1. The van der Waals surface area contributed by atoms with Gasteiger partial charge in [0.25, 0.3) is 22.5 Å². The number of ether oxygens (including phenoxy) is 3. The second-order valence-corrected chi connectivity index (χ2v) is 17.1. The van der Waals surface area contributed by atoms with E-state index in [1.54, 1.807) is 20.9 Å². The lowest BCUT2D eigenvalue weighted by molar-refractivity contribution is -0.0301. The number of nitrogens with one attached hydrogen (secondary N) is 1. The number of benzene rings is 2. The van der Waals surface area contributed by atoms with E-state index >= 15 is 0 Å². The second-order valence-electron chi connectivity index (χ2n) is 15.3. The largest absolute Gasteiger partial charge is 0.451 e. The van der Waals surface area contributed by atoms with Gasteiger partial charge in [0.15, 0.2) is 11.6 Å². The fourth-order valence-corrected chi connectivity index (χ4v) is 8.58. The van der Waals surface area contributed by atoms with Crippen molar-refractivity contribution in [3.8, 4) is 11.5 Å². The highest BCUT2D eigenvalue weighted by atomic mass is 32.2. The number of amides is 1. The Bertz CT molecular complexity index is 1850. The highest BCUT2D eigenvalue weighted by Gasteiger charge is 2.46. The van der Waals surface area contributed by atoms with E-state index in [1.165, 1.54) is 22.9 Å². The van der Waals surface area contributed by atoms with Crippen LogP contribution in [-0.2, 0) is 26.3 Å². The maximum Gasteiger partial charge on any atom is 0.279 e. The molecule has 1 aromatic heterocycles. The van der Waals surface area contributed by atoms with Crippen LogP contribution in [0.25, 0.3) is 0 Å². The molecule has 3 saturated heterocycles. The topological polar surface area (TPSA) is 130 Å². The Hall–Kier alpha value is -3.87.